The number of hydrogen-bond donors (Lipinski definition) is 1. The minimum Gasteiger partial charge on any atom is -0.497 e. The van der Waals surface area contributed by atoms with Crippen molar-refractivity contribution in [2.75, 3.05) is 26.7 Å². The summed E-state index contributed by atoms with van der Waals surface area (Å²) in [6, 6.07) is 13.5. The van der Waals surface area contributed by atoms with E-state index in [4.69, 9.17) is 4.74 Å². The molecule has 1 atom stereocenters. The Hall–Kier alpha value is -1.89. The minimum atomic E-state index is -3.57. The zero-order valence-electron chi connectivity index (χ0n) is 16.9. The van der Waals surface area contributed by atoms with Gasteiger partial charge in [0.15, 0.2) is 0 Å². The average Bonchev–Trinajstić information content (AvgIpc) is 2.71. The van der Waals surface area contributed by atoms with E-state index in [1.807, 2.05) is 50.2 Å². The number of methoxy groups -OCH3 is 1. The van der Waals surface area contributed by atoms with Crippen LogP contribution in [0.3, 0.4) is 0 Å². The van der Waals surface area contributed by atoms with Crippen LogP contribution in [-0.2, 0) is 10.0 Å². The van der Waals surface area contributed by atoms with Crippen LogP contribution in [0.15, 0.2) is 47.4 Å². The van der Waals surface area contributed by atoms with Crippen molar-refractivity contribution >= 4 is 10.0 Å². The molecule has 0 spiro atoms. The maximum absolute atomic E-state index is 13.0. The maximum atomic E-state index is 13.0. The lowest BCUT2D eigenvalue weighted by Gasteiger charge is -2.35. The van der Waals surface area contributed by atoms with E-state index in [2.05, 4.69) is 9.62 Å². The summed E-state index contributed by atoms with van der Waals surface area (Å²) < 4.78 is 34.1. The van der Waals surface area contributed by atoms with Gasteiger partial charge in [-0.1, -0.05) is 30.7 Å². The first-order valence-corrected chi connectivity index (χ1v) is 11.3. The molecule has 0 amide bonds. The Morgan fingerprint density at radius 1 is 1.04 bits per heavy atom. The van der Waals surface area contributed by atoms with E-state index >= 15 is 0 Å². The van der Waals surface area contributed by atoms with E-state index in [-0.39, 0.29) is 6.04 Å². The molecular weight excluding hydrogens is 372 g/mol. The summed E-state index contributed by atoms with van der Waals surface area (Å²) in [5.41, 5.74) is 2.80. The molecule has 0 unspecified atom stereocenters. The van der Waals surface area contributed by atoms with Crippen LogP contribution in [0.5, 0.6) is 5.75 Å². The third-order valence-corrected chi connectivity index (χ3v) is 7.00. The fraction of sp³-hybridized carbons (Fsp3) is 0.455. The monoisotopic (exact) mass is 402 g/mol. The topological polar surface area (TPSA) is 58.6 Å². The van der Waals surface area contributed by atoms with Gasteiger partial charge in [0, 0.05) is 12.6 Å². The van der Waals surface area contributed by atoms with Gasteiger partial charge in [-0.05, 0) is 74.7 Å². The average molecular weight is 403 g/mol. The molecule has 0 aromatic heterocycles. The van der Waals surface area contributed by atoms with Gasteiger partial charge in [0.2, 0.25) is 10.0 Å². The molecule has 28 heavy (non-hydrogen) atoms. The second kappa shape index (κ2) is 9.07. The molecule has 0 radical (unpaired) electrons. The summed E-state index contributed by atoms with van der Waals surface area (Å²) in [7, 11) is -1.92. The Bertz CT molecular complexity index is 888. The fourth-order valence-electron chi connectivity index (χ4n) is 3.78. The van der Waals surface area contributed by atoms with Crippen LogP contribution in [0.1, 0.15) is 42.0 Å². The predicted octanol–water partition coefficient (Wildman–Crippen LogP) is 3.82. The van der Waals surface area contributed by atoms with Gasteiger partial charge in [0.1, 0.15) is 5.75 Å². The van der Waals surface area contributed by atoms with Crippen LogP contribution in [0.4, 0.5) is 0 Å². The third-order valence-electron chi connectivity index (χ3n) is 5.43. The molecule has 6 heteroatoms. The van der Waals surface area contributed by atoms with Gasteiger partial charge in [-0.25, -0.2) is 13.1 Å². The van der Waals surface area contributed by atoms with Gasteiger partial charge >= 0.3 is 0 Å². The zero-order chi connectivity index (χ0) is 20.1. The van der Waals surface area contributed by atoms with E-state index in [9.17, 15) is 8.42 Å². The maximum Gasteiger partial charge on any atom is 0.240 e. The summed E-state index contributed by atoms with van der Waals surface area (Å²) in [5.74, 6) is 0.803. The molecule has 0 saturated carbocycles. The molecule has 1 N–H and O–H groups in total. The quantitative estimate of drug-likeness (QED) is 0.765. The largest absolute Gasteiger partial charge is 0.497 e. The van der Waals surface area contributed by atoms with Gasteiger partial charge in [0.05, 0.1) is 12.0 Å². The molecule has 1 heterocycles. The van der Waals surface area contributed by atoms with E-state index in [0.29, 0.717) is 11.4 Å². The van der Waals surface area contributed by atoms with Crippen molar-refractivity contribution in [2.45, 2.75) is 44.0 Å². The lowest BCUT2D eigenvalue weighted by molar-refractivity contribution is 0.164. The smallest absolute Gasteiger partial charge is 0.240 e. The van der Waals surface area contributed by atoms with Crippen molar-refractivity contribution in [2.24, 2.45) is 0 Å². The molecular formula is C22H30N2O3S. The molecule has 5 nitrogen and oxygen atoms in total. The number of ether oxygens (including phenoxy) is 1. The fourth-order valence-corrected chi connectivity index (χ4v) is 5.14. The highest BCUT2D eigenvalue weighted by Gasteiger charge is 2.25. The first kappa shape index (κ1) is 20.8. The highest BCUT2D eigenvalue weighted by molar-refractivity contribution is 7.89. The summed E-state index contributed by atoms with van der Waals surface area (Å²) >= 11 is 0. The molecule has 0 aliphatic carbocycles. The summed E-state index contributed by atoms with van der Waals surface area (Å²) in [4.78, 5) is 2.75. The molecule has 3 rings (SSSR count). The number of nitrogens with one attached hydrogen (secondary N) is 1. The SMILES string of the molecule is COc1ccc([C@H](CNS(=O)(=O)c2cc(C)ccc2C)N2CCCCC2)cc1. The first-order valence-electron chi connectivity index (χ1n) is 9.85. The Morgan fingerprint density at radius 3 is 2.36 bits per heavy atom. The summed E-state index contributed by atoms with van der Waals surface area (Å²) in [6.07, 6.45) is 3.53. The number of rotatable bonds is 7. The van der Waals surface area contributed by atoms with Crippen LogP contribution >= 0.6 is 0 Å². The Morgan fingerprint density at radius 2 is 1.71 bits per heavy atom. The van der Waals surface area contributed by atoms with Crippen LogP contribution < -0.4 is 9.46 Å². The van der Waals surface area contributed by atoms with Crippen molar-refractivity contribution in [1.82, 2.24) is 9.62 Å². The lowest BCUT2D eigenvalue weighted by Crippen LogP contribution is -2.40. The number of hydrogen-bond acceptors (Lipinski definition) is 4. The van der Waals surface area contributed by atoms with Gasteiger partial charge in [-0.2, -0.15) is 0 Å². The molecule has 152 valence electrons. The van der Waals surface area contributed by atoms with Gasteiger partial charge in [0.25, 0.3) is 0 Å². The van der Waals surface area contributed by atoms with E-state index in [1.54, 1.807) is 13.2 Å². The summed E-state index contributed by atoms with van der Waals surface area (Å²) in [5, 5.41) is 0. The van der Waals surface area contributed by atoms with E-state index < -0.39 is 10.0 Å². The van der Waals surface area contributed by atoms with Crippen molar-refractivity contribution in [3.8, 4) is 5.75 Å². The standard InChI is InChI=1S/C22H30N2O3S/c1-17-7-8-18(2)22(15-17)28(25,26)23-16-21(24-13-5-4-6-14-24)19-9-11-20(27-3)12-10-19/h7-12,15,21,23H,4-6,13-14,16H2,1-3H3/t21-/m0/s1. The number of aryl methyl sites for hydroxylation is 2. The van der Waals surface area contributed by atoms with E-state index in [0.717, 1.165) is 48.4 Å². The number of benzene rings is 2. The van der Waals surface area contributed by atoms with Crippen molar-refractivity contribution in [3.05, 3.63) is 59.2 Å². The molecule has 0 bridgehead atoms. The van der Waals surface area contributed by atoms with Gasteiger partial charge in [-0.3, -0.25) is 4.90 Å². The second-order valence-corrected chi connectivity index (χ2v) is 9.24. The van der Waals surface area contributed by atoms with Gasteiger partial charge in [-0.15, -0.1) is 0 Å². The van der Waals surface area contributed by atoms with Crippen molar-refractivity contribution < 1.29 is 13.2 Å². The normalized spacial score (nSPS) is 16.7. The number of nitrogens with zero attached hydrogens (tertiary/aromatic N) is 1. The third kappa shape index (κ3) is 4.93. The van der Waals surface area contributed by atoms with Gasteiger partial charge < -0.3 is 4.74 Å². The van der Waals surface area contributed by atoms with Crippen LogP contribution in [-0.4, -0.2) is 40.1 Å². The molecule has 1 fully saturated rings. The second-order valence-electron chi connectivity index (χ2n) is 7.51. The van der Waals surface area contributed by atoms with Crippen LogP contribution in [0.25, 0.3) is 0 Å². The molecule has 1 aliphatic rings. The van der Waals surface area contributed by atoms with Crippen molar-refractivity contribution in [3.63, 3.8) is 0 Å². The Kier molecular flexibility index (Phi) is 6.75. The first-order chi connectivity index (χ1) is 13.4. The highest BCUT2D eigenvalue weighted by Crippen LogP contribution is 2.27. The van der Waals surface area contributed by atoms with Crippen LogP contribution in [0, 0.1) is 13.8 Å². The predicted molar refractivity (Wildman–Crippen MR) is 112 cm³/mol. The van der Waals surface area contributed by atoms with Crippen molar-refractivity contribution in [1.29, 1.82) is 0 Å². The number of sulfonamides is 1. The summed E-state index contributed by atoms with van der Waals surface area (Å²) in [6.45, 7) is 6.07. The molecule has 2 aromatic carbocycles. The molecule has 2 aromatic rings. The highest BCUT2D eigenvalue weighted by atomic mass is 32.2. The lowest BCUT2D eigenvalue weighted by atomic mass is 10.0. The number of likely N-dealkylation sites (tertiary alicyclic amines) is 1. The van der Waals surface area contributed by atoms with Crippen LogP contribution in [0.2, 0.25) is 0 Å². The minimum absolute atomic E-state index is 0.00564. The molecule has 1 saturated heterocycles. The molecule has 1 aliphatic heterocycles. The Labute approximate surface area is 168 Å². The van der Waals surface area contributed by atoms with E-state index in [1.165, 1.54) is 6.42 Å². The number of piperidine rings is 1. The Balaban J connectivity index is 1.83. The zero-order valence-corrected chi connectivity index (χ0v) is 17.8.